The molecule has 162 valence electrons. The molecule has 0 atom stereocenters. The van der Waals surface area contributed by atoms with Gasteiger partial charge in [0.2, 0.25) is 0 Å². The van der Waals surface area contributed by atoms with Crippen LogP contribution in [0.2, 0.25) is 0 Å². The first-order valence-electron chi connectivity index (χ1n) is 9.23. The molecule has 0 aliphatic carbocycles. The van der Waals surface area contributed by atoms with Gasteiger partial charge in [0, 0.05) is 37.7 Å². The minimum atomic E-state index is -1.01. The van der Waals surface area contributed by atoms with Crippen molar-refractivity contribution in [3.05, 3.63) is 0 Å². The maximum Gasteiger partial charge on any atom is 3.00 e. The number of carboxylic acid groups (broad SMARTS) is 3. The van der Waals surface area contributed by atoms with E-state index in [2.05, 4.69) is 0 Å². The summed E-state index contributed by atoms with van der Waals surface area (Å²) in [5.74, 6) is -3.02. The minimum absolute atomic E-state index is 0. The molecule has 0 spiro atoms. The molecule has 10 heteroatoms. The number of carbonyl (C=O) groups excluding carboxylic acids is 3. The number of carboxylic acids is 3. The van der Waals surface area contributed by atoms with Crippen LogP contribution in [0.4, 0.5) is 0 Å². The molecule has 0 bridgehead atoms. The Labute approximate surface area is 169 Å². The van der Waals surface area contributed by atoms with E-state index in [0.717, 1.165) is 19.3 Å². The topological polar surface area (TPSA) is 181 Å². The first-order chi connectivity index (χ1) is 12.8. The molecule has 3 N–H and O–H groups in total. The van der Waals surface area contributed by atoms with E-state index in [4.69, 9.17) is 15.3 Å². The van der Waals surface area contributed by atoms with Crippen molar-refractivity contribution < 1.29 is 45.0 Å². The number of unbranched alkanes of at least 4 members (excludes halogenated alkanes) is 6. The molecule has 0 rings (SSSR count). The Morgan fingerprint density at radius 3 is 0.821 bits per heavy atom. The fraction of sp³-hybridized carbons (Fsp3) is 0.833. The number of hydrogen-bond donors (Lipinski definition) is 3. The third kappa shape index (κ3) is 49.7. The van der Waals surface area contributed by atoms with E-state index in [1.54, 1.807) is 0 Å². The standard InChI is InChI=1S/3C6H12O3.B/c3*7-5-3-1-2-4-6(8)9;/h3*7H,1-5H2,(H,8,9);/q;;;+3/p-3. The van der Waals surface area contributed by atoms with E-state index in [0.29, 0.717) is 38.5 Å². The number of rotatable bonds is 15. The second kappa shape index (κ2) is 30.1. The summed E-state index contributed by atoms with van der Waals surface area (Å²) >= 11 is 0. The third-order valence-electron chi connectivity index (χ3n) is 3.12. The summed E-state index contributed by atoms with van der Waals surface area (Å²) in [4.78, 5) is 29.4. The first kappa shape index (κ1) is 33.9. The molecule has 0 unspecified atom stereocenters. The van der Waals surface area contributed by atoms with Crippen LogP contribution >= 0.6 is 0 Å². The zero-order chi connectivity index (χ0) is 21.3. The van der Waals surface area contributed by atoms with E-state index in [-0.39, 0.29) is 47.5 Å². The van der Waals surface area contributed by atoms with Gasteiger partial charge in [-0.2, -0.15) is 0 Å². The van der Waals surface area contributed by atoms with Crippen molar-refractivity contribution in [3.63, 3.8) is 0 Å². The smallest absolute Gasteiger partial charge is 0.550 e. The van der Waals surface area contributed by atoms with E-state index >= 15 is 0 Å². The zero-order valence-electron chi connectivity index (χ0n) is 16.5. The molecule has 0 aromatic carbocycles. The van der Waals surface area contributed by atoms with Gasteiger partial charge in [-0.15, -0.1) is 0 Å². The van der Waals surface area contributed by atoms with Crippen LogP contribution in [0, 0.1) is 0 Å². The van der Waals surface area contributed by atoms with Gasteiger partial charge in [0.05, 0.1) is 0 Å². The van der Waals surface area contributed by atoms with Crippen LogP contribution in [0.15, 0.2) is 0 Å². The van der Waals surface area contributed by atoms with Crippen LogP contribution < -0.4 is 15.3 Å². The van der Waals surface area contributed by atoms with Crippen LogP contribution in [-0.2, 0) is 14.4 Å². The van der Waals surface area contributed by atoms with Gasteiger partial charge in [-0.3, -0.25) is 0 Å². The molecule has 0 amide bonds. The fourth-order valence-electron chi connectivity index (χ4n) is 1.67. The number of aliphatic hydroxyl groups excluding tert-OH is 3. The van der Waals surface area contributed by atoms with Crippen LogP contribution in [-0.4, -0.2) is 61.5 Å². The van der Waals surface area contributed by atoms with Crippen molar-refractivity contribution in [1.82, 2.24) is 0 Å². The van der Waals surface area contributed by atoms with Crippen LogP contribution in [0.25, 0.3) is 0 Å². The maximum atomic E-state index is 9.79. The predicted octanol–water partition coefficient (Wildman–Crippen LogP) is -2.51. The van der Waals surface area contributed by atoms with Gasteiger partial charge < -0.3 is 45.0 Å². The summed E-state index contributed by atoms with van der Waals surface area (Å²) in [6.07, 6.45) is 6.54. The molecular weight excluding hydrogens is 371 g/mol. The van der Waals surface area contributed by atoms with Crippen molar-refractivity contribution in [2.75, 3.05) is 19.8 Å². The molecule has 0 aliphatic rings. The Morgan fingerprint density at radius 2 is 0.679 bits per heavy atom. The molecule has 0 aliphatic heterocycles. The summed E-state index contributed by atoms with van der Waals surface area (Å²) in [6.45, 7) is 0.438. The summed E-state index contributed by atoms with van der Waals surface area (Å²) in [5, 5.41) is 54.2. The molecule has 0 aromatic heterocycles. The predicted molar refractivity (Wildman–Crippen MR) is 97.4 cm³/mol. The molecule has 0 aromatic rings. The Morgan fingerprint density at radius 1 is 0.464 bits per heavy atom. The normalized spacial score (nSPS) is 9.11. The monoisotopic (exact) mass is 404 g/mol. The van der Waals surface area contributed by atoms with Crippen molar-refractivity contribution in [2.24, 2.45) is 0 Å². The zero-order valence-corrected chi connectivity index (χ0v) is 16.5. The van der Waals surface area contributed by atoms with Gasteiger partial charge in [-0.05, 0) is 57.8 Å². The average molecular weight is 404 g/mol. The van der Waals surface area contributed by atoms with Crippen LogP contribution in [0.1, 0.15) is 77.0 Å². The summed E-state index contributed by atoms with van der Waals surface area (Å²) in [6, 6.07) is 0. The van der Waals surface area contributed by atoms with Crippen molar-refractivity contribution >= 4 is 26.3 Å². The molecular formula is C18H33BO9. The Bertz CT molecular complexity index is 300. The number of hydrogen-bond acceptors (Lipinski definition) is 9. The molecule has 0 saturated heterocycles. The van der Waals surface area contributed by atoms with E-state index in [1.807, 2.05) is 0 Å². The second-order valence-corrected chi connectivity index (χ2v) is 5.72. The van der Waals surface area contributed by atoms with Gasteiger partial charge in [-0.1, -0.05) is 19.3 Å². The van der Waals surface area contributed by atoms with Crippen molar-refractivity contribution in [3.8, 4) is 0 Å². The molecule has 28 heavy (non-hydrogen) atoms. The van der Waals surface area contributed by atoms with Gasteiger partial charge in [0.15, 0.2) is 0 Å². The SMILES string of the molecule is O=C([O-])CCCCCO.O=C([O-])CCCCCO.O=C([O-])CCCCCO.[B+3]. The van der Waals surface area contributed by atoms with Crippen LogP contribution in [0.3, 0.4) is 0 Å². The summed E-state index contributed by atoms with van der Waals surface area (Å²) in [5.41, 5.74) is 0. The number of aliphatic carboxylic acids is 3. The molecule has 0 radical (unpaired) electrons. The second-order valence-electron chi connectivity index (χ2n) is 5.72. The molecule has 0 heterocycles. The third-order valence-corrected chi connectivity index (χ3v) is 3.12. The summed E-state index contributed by atoms with van der Waals surface area (Å²) < 4.78 is 0. The summed E-state index contributed by atoms with van der Waals surface area (Å²) in [7, 11) is 0. The molecule has 0 fully saturated rings. The Kier molecular flexibility index (Phi) is 36.4. The van der Waals surface area contributed by atoms with Gasteiger partial charge in [0.25, 0.3) is 0 Å². The maximum absolute atomic E-state index is 9.79. The first-order valence-corrected chi connectivity index (χ1v) is 9.23. The van der Waals surface area contributed by atoms with Crippen LogP contribution in [0.5, 0.6) is 0 Å². The Hall–Kier alpha value is -1.65. The van der Waals surface area contributed by atoms with Gasteiger partial charge in [-0.25, -0.2) is 0 Å². The minimum Gasteiger partial charge on any atom is -0.550 e. The number of aliphatic hydroxyl groups is 3. The fourth-order valence-corrected chi connectivity index (χ4v) is 1.67. The molecule has 0 saturated carbocycles. The van der Waals surface area contributed by atoms with E-state index in [9.17, 15) is 29.7 Å². The van der Waals surface area contributed by atoms with E-state index < -0.39 is 17.9 Å². The van der Waals surface area contributed by atoms with Crippen molar-refractivity contribution in [2.45, 2.75) is 77.0 Å². The number of carbonyl (C=O) groups is 3. The molecule has 9 nitrogen and oxygen atoms in total. The van der Waals surface area contributed by atoms with E-state index in [1.165, 1.54) is 0 Å². The quantitative estimate of drug-likeness (QED) is 0.196. The van der Waals surface area contributed by atoms with Gasteiger partial charge in [0.1, 0.15) is 0 Å². The average Bonchev–Trinajstić information content (AvgIpc) is 2.60. The largest absolute Gasteiger partial charge is 3.00 e. The Balaban J connectivity index is -0.000000152. The van der Waals surface area contributed by atoms with Gasteiger partial charge >= 0.3 is 8.41 Å². The van der Waals surface area contributed by atoms with Crippen molar-refractivity contribution in [1.29, 1.82) is 0 Å².